The van der Waals surface area contributed by atoms with Gasteiger partial charge in [-0.25, -0.2) is 0 Å². The van der Waals surface area contributed by atoms with Gasteiger partial charge in [-0.05, 0) is 18.8 Å². The van der Waals surface area contributed by atoms with Gasteiger partial charge in [0.05, 0.1) is 13.2 Å². The second-order valence-corrected chi connectivity index (χ2v) is 4.96. The molecule has 0 unspecified atom stereocenters. The summed E-state index contributed by atoms with van der Waals surface area (Å²) in [5, 5.41) is 17.9. The molecule has 1 fully saturated rings. The normalized spacial score (nSPS) is 19.7. The molecule has 0 aromatic heterocycles. The molecule has 1 saturated carbocycles. The Bertz CT molecular complexity index is 150. The molecule has 0 bridgehead atoms. The van der Waals surface area contributed by atoms with E-state index >= 15 is 0 Å². The molecule has 0 aliphatic heterocycles. The summed E-state index contributed by atoms with van der Waals surface area (Å²) in [5.74, 6) is 0.776. The first kappa shape index (κ1) is 13.9. The van der Waals surface area contributed by atoms with E-state index in [0.717, 1.165) is 12.5 Å². The van der Waals surface area contributed by atoms with Crippen molar-refractivity contribution in [2.75, 3.05) is 32.8 Å². The Morgan fingerprint density at radius 2 is 1.31 bits per heavy atom. The summed E-state index contributed by atoms with van der Waals surface area (Å²) in [6, 6.07) is 0. The highest BCUT2D eigenvalue weighted by atomic mass is 16.3. The first-order valence-corrected chi connectivity index (χ1v) is 6.81. The predicted molar refractivity (Wildman–Crippen MR) is 66.4 cm³/mol. The van der Waals surface area contributed by atoms with Crippen LogP contribution in [0.25, 0.3) is 0 Å². The molecule has 0 atom stereocenters. The molecule has 0 radical (unpaired) electrons. The van der Waals surface area contributed by atoms with Gasteiger partial charge in [-0.3, -0.25) is 4.90 Å². The number of aliphatic hydroxyl groups excluding tert-OH is 2. The summed E-state index contributed by atoms with van der Waals surface area (Å²) < 4.78 is 0. The maximum absolute atomic E-state index is 8.97. The first-order chi connectivity index (χ1) is 7.86. The van der Waals surface area contributed by atoms with E-state index in [1.165, 1.54) is 44.9 Å². The third-order valence-corrected chi connectivity index (χ3v) is 3.57. The predicted octanol–water partition coefficient (Wildman–Crippen LogP) is 1.63. The fourth-order valence-electron chi connectivity index (χ4n) is 2.67. The number of aliphatic hydroxyl groups is 2. The van der Waals surface area contributed by atoms with Gasteiger partial charge in [-0.15, -0.1) is 0 Å². The van der Waals surface area contributed by atoms with Crippen molar-refractivity contribution in [3.05, 3.63) is 0 Å². The molecule has 0 aromatic carbocycles. The summed E-state index contributed by atoms with van der Waals surface area (Å²) >= 11 is 0. The standard InChI is InChI=1S/C13H27NO2/c15-10-8-14(9-11-16)12-13-6-4-2-1-3-5-7-13/h13,15-16H,1-12H2. The van der Waals surface area contributed by atoms with Crippen molar-refractivity contribution >= 4 is 0 Å². The number of rotatable bonds is 6. The van der Waals surface area contributed by atoms with E-state index in [1.54, 1.807) is 0 Å². The monoisotopic (exact) mass is 229 g/mol. The van der Waals surface area contributed by atoms with Gasteiger partial charge in [0.1, 0.15) is 0 Å². The second kappa shape index (κ2) is 8.97. The highest BCUT2D eigenvalue weighted by Gasteiger charge is 2.15. The Kier molecular flexibility index (Phi) is 7.81. The smallest absolute Gasteiger partial charge is 0.0558 e. The average Bonchev–Trinajstić information content (AvgIpc) is 2.22. The van der Waals surface area contributed by atoms with Crippen LogP contribution in [0.15, 0.2) is 0 Å². The minimum atomic E-state index is 0.201. The van der Waals surface area contributed by atoms with Gasteiger partial charge >= 0.3 is 0 Å². The fraction of sp³-hybridized carbons (Fsp3) is 1.00. The van der Waals surface area contributed by atoms with Crippen LogP contribution >= 0.6 is 0 Å². The van der Waals surface area contributed by atoms with Crippen molar-refractivity contribution in [1.82, 2.24) is 4.90 Å². The van der Waals surface area contributed by atoms with Crippen LogP contribution in [0.1, 0.15) is 44.9 Å². The summed E-state index contributed by atoms with van der Waals surface area (Å²) in [6.45, 7) is 2.87. The van der Waals surface area contributed by atoms with Crippen LogP contribution < -0.4 is 0 Å². The molecule has 16 heavy (non-hydrogen) atoms. The molecule has 0 spiro atoms. The highest BCUT2D eigenvalue weighted by Crippen LogP contribution is 2.22. The summed E-state index contributed by atoms with van der Waals surface area (Å²) in [7, 11) is 0. The van der Waals surface area contributed by atoms with Crippen molar-refractivity contribution in [3.8, 4) is 0 Å². The van der Waals surface area contributed by atoms with Crippen molar-refractivity contribution in [2.24, 2.45) is 5.92 Å². The molecule has 1 aliphatic rings. The Hall–Kier alpha value is -0.120. The maximum Gasteiger partial charge on any atom is 0.0558 e. The Morgan fingerprint density at radius 1 is 0.812 bits per heavy atom. The zero-order valence-corrected chi connectivity index (χ0v) is 10.4. The van der Waals surface area contributed by atoms with Crippen molar-refractivity contribution in [3.63, 3.8) is 0 Å². The van der Waals surface area contributed by atoms with Gasteiger partial charge in [0, 0.05) is 19.6 Å². The molecule has 0 aromatic rings. The van der Waals surface area contributed by atoms with Crippen LogP contribution in [-0.2, 0) is 0 Å². The molecule has 0 heterocycles. The van der Waals surface area contributed by atoms with E-state index in [-0.39, 0.29) is 13.2 Å². The third-order valence-electron chi connectivity index (χ3n) is 3.57. The molecule has 1 aliphatic carbocycles. The van der Waals surface area contributed by atoms with E-state index < -0.39 is 0 Å². The maximum atomic E-state index is 8.97. The minimum Gasteiger partial charge on any atom is -0.395 e. The molecule has 0 saturated heterocycles. The summed E-state index contributed by atoms with van der Waals surface area (Å²) in [4.78, 5) is 2.20. The zero-order valence-electron chi connectivity index (χ0n) is 10.4. The molecular formula is C13H27NO2. The van der Waals surface area contributed by atoms with Gasteiger partial charge in [-0.2, -0.15) is 0 Å². The molecule has 96 valence electrons. The average molecular weight is 229 g/mol. The van der Waals surface area contributed by atoms with Crippen molar-refractivity contribution in [2.45, 2.75) is 44.9 Å². The molecule has 3 heteroatoms. The molecule has 2 N–H and O–H groups in total. The summed E-state index contributed by atoms with van der Waals surface area (Å²) in [5.41, 5.74) is 0. The largest absolute Gasteiger partial charge is 0.395 e. The molecule has 1 rings (SSSR count). The van der Waals surface area contributed by atoms with Gasteiger partial charge in [0.15, 0.2) is 0 Å². The SMILES string of the molecule is OCCN(CCO)CC1CCCCCCC1. The van der Waals surface area contributed by atoms with Crippen molar-refractivity contribution in [1.29, 1.82) is 0 Å². The number of nitrogens with zero attached hydrogens (tertiary/aromatic N) is 1. The van der Waals surface area contributed by atoms with Gasteiger partial charge in [-0.1, -0.05) is 32.1 Å². The zero-order chi connectivity index (χ0) is 11.6. The summed E-state index contributed by atoms with van der Waals surface area (Å²) in [6.07, 6.45) is 9.55. The molecular weight excluding hydrogens is 202 g/mol. The van der Waals surface area contributed by atoms with Gasteiger partial charge in [0.25, 0.3) is 0 Å². The number of hydrogen-bond donors (Lipinski definition) is 2. The lowest BCUT2D eigenvalue weighted by Crippen LogP contribution is -2.34. The van der Waals surface area contributed by atoms with Crippen LogP contribution in [0.3, 0.4) is 0 Å². The van der Waals surface area contributed by atoms with E-state index in [1.807, 2.05) is 0 Å². The lowest BCUT2D eigenvalue weighted by atomic mass is 9.91. The lowest BCUT2D eigenvalue weighted by Gasteiger charge is -2.27. The Labute approximate surface area is 99.5 Å². The lowest BCUT2D eigenvalue weighted by molar-refractivity contribution is 0.137. The Morgan fingerprint density at radius 3 is 1.81 bits per heavy atom. The quantitative estimate of drug-likeness (QED) is 0.727. The van der Waals surface area contributed by atoms with Gasteiger partial charge in [0.2, 0.25) is 0 Å². The molecule has 3 nitrogen and oxygen atoms in total. The first-order valence-electron chi connectivity index (χ1n) is 6.81. The second-order valence-electron chi connectivity index (χ2n) is 4.96. The fourth-order valence-corrected chi connectivity index (χ4v) is 2.67. The van der Waals surface area contributed by atoms with Crippen LogP contribution in [0, 0.1) is 5.92 Å². The van der Waals surface area contributed by atoms with Crippen LogP contribution in [0.4, 0.5) is 0 Å². The Balaban J connectivity index is 2.28. The van der Waals surface area contributed by atoms with Crippen LogP contribution in [-0.4, -0.2) is 48.0 Å². The molecule has 0 amide bonds. The topological polar surface area (TPSA) is 43.7 Å². The van der Waals surface area contributed by atoms with Crippen LogP contribution in [0.2, 0.25) is 0 Å². The van der Waals surface area contributed by atoms with Crippen LogP contribution in [0.5, 0.6) is 0 Å². The van der Waals surface area contributed by atoms with E-state index in [9.17, 15) is 0 Å². The van der Waals surface area contributed by atoms with Crippen molar-refractivity contribution < 1.29 is 10.2 Å². The minimum absolute atomic E-state index is 0.201. The van der Waals surface area contributed by atoms with E-state index in [4.69, 9.17) is 10.2 Å². The third kappa shape index (κ3) is 5.83. The number of hydrogen-bond acceptors (Lipinski definition) is 3. The highest BCUT2D eigenvalue weighted by molar-refractivity contribution is 4.69. The van der Waals surface area contributed by atoms with Gasteiger partial charge < -0.3 is 10.2 Å². The van der Waals surface area contributed by atoms with E-state index in [2.05, 4.69) is 4.90 Å². The van der Waals surface area contributed by atoms with E-state index in [0.29, 0.717) is 13.1 Å².